The Morgan fingerprint density at radius 2 is 1.77 bits per heavy atom. The summed E-state index contributed by atoms with van der Waals surface area (Å²) in [6.07, 6.45) is 3.73. The molecule has 2 heterocycles. The van der Waals surface area contributed by atoms with E-state index in [-0.39, 0.29) is 16.8 Å². The number of aromatic nitrogens is 1. The number of benzene rings is 3. The van der Waals surface area contributed by atoms with Crippen LogP contribution in [0, 0.1) is 10.1 Å². The number of allylic oxidation sites excluding steroid dienone is 2. The van der Waals surface area contributed by atoms with Gasteiger partial charge in [-0.2, -0.15) is 5.10 Å². The van der Waals surface area contributed by atoms with Gasteiger partial charge in [0.15, 0.2) is 0 Å². The number of anilines is 1. The summed E-state index contributed by atoms with van der Waals surface area (Å²) >= 11 is 1.32. The van der Waals surface area contributed by atoms with Crippen molar-refractivity contribution in [2.45, 2.75) is 19.3 Å². The summed E-state index contributed by atoms with van der Waals surface area (Å²) in [5.41, 5.74) is 4.89. The molecule has 0 saturated heterocycles. The van der Waals surface area contributed by atoms with Gasteiger partial charge >= 0.3 is 0 Å². The Morgan fingerprint density at radius 3 is 2.50 bits per heavy atom. The number of nitrogens with zero attached hydrogens (tertiary/aromatic N) is 5. The van der Waals surface area contributed by atoms with Gasteiger partial charge in [-0.15, -0.1) is 11.3 Å². The highest BCUT2D eigenvalue weighted by molar-refractivity contribution is 7.07. The van der Waals surface area contributed by atoms with E-state index in [4.69, 9.17) is 14.6 Å². The topological polar surface area (TPSA) is 94.5 Å². The first-order chi connectivity index (χ1) is 19.3. The molecule has 0 aliphatic carbocycles. The summed E-state index contributed by atoms with van der Waals surface area (Å²) < 4.78 is 12.8. The summed E-state index contributed by atoms with van der Waals surface area (Å²) in [4.78, 5) is 18.5. The number of thiazole rings is 1. The molecule has 9 nitrogen and oxygen atoms in total. The highest BCUT2D eigenvalue weighted by atomic mass is 32.1. The van der Waals surface area contributed by atoms with Crippen LogP contribution in [0.4, 0.5) is 17.1 Å². The molecule has 0 radical (unpaired) electrons. The number of nitro groups is 1. The van der Waals surface area contributed by atoms with Crippen LogP contribution in [0.5, 0.6) is 11.5 Å². The van der Waals surface area contributed by atoms with Crippen LogP contribution in [0.2, 0.25) is 0 Å². The molecule has 1 aliphatic rings. The van der Waals surface area contributed by atoms with E-state index in [1.807, 2.05) is 42.8 Å². The lowest BCUT2D eigenvalue weighted by Crippen LogP contribution is -2.23. The summed E-state index contributed by atoms with van der Waals surface area (Å²) in [5.74, 6) is 1.29. The van der Waals surface area contributed by atoms with E-state index < -0.39 is 4.92 Å². The van der Waals surface area contributed by atoms with Crippen LogP contribution in [0.25, 0.3) is 11.3 Å². The zero-order chi connectivity index (χ0) is 28.4. The Bertz CT molecular complexity index is 1720. The molecule has 0 spiro atoms. The lowest BCUT2D eigenvalue weighted by molar-refractivity contribution is -0.384. The van der Waals surface area contributed by atoms with Gasteiger partial charge in [-0.05, 0) is 42.0 Å². The van der Waals surface area contributed by atoms with Crippen molar-refractivity contribution < 1.29 is 14.4 Å². The van der Waals surface area contributed by atoms with Crippen LogP contribution in [0.15, 0.2) is 94.0 Å². The van der Waals surface area contributed by atoms with E-state index in [1.54, 1.807) is 43.3 Å². The molecular weight excluding hydrogens is 526 g/mol. The van der Waals surface area contributed by atoms with Gasteiger partial charge in [0.05, 0.1) is 24.8 Å². The molecule has 10 heteroatoms. The van der Waals surface area contributed by atoms with Gasteiger partial charge in [0.1, 0.15) is 17.2 Å². The van der Waals surface area contributed by atoms with Gasteiger partial charge in [-0.3, -0.25) is 10.1 Å². The SMILES string of the molecule is COc1ccc(OC)c(-c2csc(=Nc3ccccc3[N+](=O)[O-])n2N=CC=C2N(C)c3ccccc3C2(C)C)c1. The van der Waals surface area contributed by atoms with Crippen molar-refractivity contribution in [3.8, 4) is 22.8 Å². The maximum Gasteiger partial charge on any atom is 0.294 e. The molecule has 3 aromatic carbocycles. The van der Waals surface area contributed by atoms with Crippen LogP contribution < -0.4 is 19.2 Å². The third kappa shape index (κ3) is 4.77. The first-order valence-electron chi connectivity index (χ1n) is 12.6. The Hall–Kier alpha value is -4.70. The van der Waals surface area contributed by atoms with Crippen molar-refractivity contribution in [3.63, 3.8) is 0 Å². The Morgan fingerprint density at radius 1 is 1.02 bits per heavy atom. The van der Waals surface area contributed by atoms with Crippen molar-refractivity contribution in [1.29, 1.82) is 0 Å². The van der Waals surface area contributed by atoms with Gasteiger partial charge < -0.3 is 14.4 Å². The van der Waals surface area contributed by atoms with Crippen LogP contribution in [0.1, 0.15) is 19.4 Å². The average molecular weight is 556 g/mol. The highest BCUT2D eigenvalue weighted by Gasteiger charge is 2.37. The Labute approximate surface area is 236 Å². The fourth-order valence-electron chi connectivity index (χ4n) is 4.98. The largest absolute Gasteiger partial charge is 0.497 e. The predicted octanol–water partition coefficient (Wildman–Crippen LogP) is 6.52. The quantitative estimate of drug-likeness (QED) is 0.147. The number of likely N-dealkylation sites (N-methyl/N-ethyl adjacent to an activating group) is 1. The van der Waals surface area contributed by atoms with E-state index in [9.17, 15) is 10.1 Å². The summed E-state index contributed by atoms with van der Waals surface area (Å²) in [6, 6.07) is 20.3. The lowest BCUT2D eigenvalue weighted by atomic mass is 9.84. The molecule has 0 saturated carbocycles. The summed E-state index contributed by atoms with van der Waals surface area (Å²) in [5, 5.41) is 18.4. The molecule has 1 aliphatic heterocycles. The fraction of sp³-hybridized carbons (Fsp3) is 0.200. The third-order valence-electron chi connectivity index (χ3n) is 7.02. The van der Waals surface area contributed by atoms with Crippen LogP contribution >= 0.6 is 11.3 Å². The third-order valence-corrected chi connectivity index (χ3v) is 7.83. The zero-order valence-electron chi connectivity index (χ0n) is 22.9. The maximum atomic E-state index is 11.7. The molecule has 0 unspecified atom stereocenters. The van der Waals surface area contributed by atoms with E-state index in [0.29, 0.717) is 22.0 Å². The second-order valence-corrected chi connectivity index (χ2v) is 10.5. The minimum absolute atomic E-state index is 0.0823. The Kier molecular flexibility index (Phi) is 7.27. The van der Waals surface area contributed by atoms with Gasteiger partial charge in [-0.25, -0.2) is 9.67 Å². The normalized spacial score (nSPS) is 15.6. The Balaban J connectivity index is 1.67. The number of ether oxygens (including phenoxy) is 2. The second-order valence-electron chi connectivity index (χ2n) is 9.66. The number of hydrogen-bond donors (Lipinski definition) is 0. The summed E-state index contributed by atoms with van der Waals surface area (Å²) in [7, 11) is 5.25. The van der Waals surface area contributed by atoms with E-state index in [1.165, 1.54) is 23.0 Å². The van der Waals surface area contributed by atoms with Gasteiger partial charge in [-0.1, -0.05) is 44.2 Å². The molecule has 204 valence electrons. The second kappa shape index (κ2) is 10.8. The molecule has 1 aromatic heterocycles. The van der Waals surface area contributed by atoms with Gasteiger partial charge in [0.2, 0.25) is 4.80 Å². The summed E-state index contributed by atoms with van der Waals surface area (Å²) in [6.45, 7) is 4.38. The molecule has 0 atom stereocenters. The van der Waals surface area contributed by atoms with Crippen LogP contribution in [-0.2, 0) is 5.41 Å². The molecular formula is C30H29N5O4S. The number of fused-ring (bicyclic) bond motifs is 1. The number of rotatable bonds is 7. The number of hydrogen-bond acceptors (Lipinski definition) is 8. The first-order valence-corrected chi connectivity index (χ1v) is 13.4. The minimum Gasteiger partial charge on any atom is -0.497 e. The van der Waals surface area contributed by atoms with E-state index in [2.05, 4.69) is 41.9 Å². The molecule has 5 rings (SSSR count). The minimum atomic E-state index is -0.438. The molecule has 0 N–H and O–H groups in total. The number of para-hydroxylation sites is 3. The molecule has 4 aromatic rings. The lowest BCUT2D eigenvalue weighted by Gasteiger charge is -2.23. The zero-order valence-corrected chi connectivity index (χ0v) is 23.7. The monoisotopic (exact) mass is 555 g/mol. The maximum absolute atomic E-state index is 11.7. The van der Waals surface area contributed by atoms with Crippen molar-refractivity contribution in [3.05, 3.63) is 104 Å². The van der Waals surface area contributed by atoms with Crippen molar-refractivity contribution >= 4 is 34.6 Å². The van der Waals surface area contributed by atoms with Gasteiger partial charge in [0, 0.05) is 47.1 Å². The number of methoxy groups -OCH3 is 2. The van der Waals surface area contributed by atoms with E-state index in [0.717, 1.165) is 16.9 Å². The van der Waals surface area contributed by atoms with Crippen LogP contribution in [-0.4, -0.2) is 37.1 Å². The number of nitro benzene ring substituents is 1. The van der Waals surface area contributed by atoms with Crippen molar-refractivity contribution in [2.24, 2.45) is 10.1 Å². The molecule has 0 amide bonds. The molecule has 0 bridgehead atoms. The van der Waals surface area contributed by atoms with Crippen LogP contribution in [0.3, 0.4) is 0 Å². The van der Waals surface area contributed by atoms with Gasteiger partial charge in [0.25, 0.3) is 5.69 Å². The highest BCUT2D eigenvalue weighted by Crippen LogP contribution is 2.46. The van der Waals surface area contributed by atoms with E-state index >= 15 is 0 Å². The first kappa shape index (κ1) is 26.9. The predicted molar refractivity (Wildman–Crippen MR) is 159 cm³/mol. The standard InChI is InChI=1S/C30H29N5O4S/c1-30(2)22-10-6-8-12-24(22)33(3)28(30)16-17-31-34-26(21-18-20(38-4)14-15-27(21)39-5)19-40-29(34)32-23-11-7-9-13-25(23)35(36)37/h6-19H,1-5H3. The molecule has 0 fully saturated rings. The van der Waals surface area contributed by atoms with Crippen molar-refractivity contribution in [1.82, 2.24) is 4.68 Å². The van der Waals surface area contributed by atoms with Crippen molar-refractivity contribution in [2.75, 3.05) is 26.2 Å². The average Bonchev–Trinajstić information content (AvgIpc) is 3.44. The molecule has 40 heavy (non-hydrogen) atoms. The fourth-order valence-corrected chi connectivity index (χ4v) is 5.82. The smallest absolute Gasteiger partial charge is 0.294 e.